The highest BCUT2D eigenvalue weighted by molar-refractivity contribution is 6.62. The normalized spacial score (nSPS) is 27.8. The molecule has 0 amide bonds. The largest absolute Gasteiger partial charge is 0.494 e. The van der Waals surface area contributed by atoms with E-state index in [1.165, 1.54) is 0 Å². The molecule has 2 atom stereocenters. The summed E-state index contributed by atoms with van der Waals surface area (Å²) in [6.07, 6.45) is -0.718. The molecule has 0 aliphatic carbocycles. The van der Waals surface area contributed by atoms with Gasteiger partial charge in [-0.3, -0.25) is 4.90 Å². The van der Waals surface area contributed by atoms with E-state index in [0.29, 0.717) is 19.7 Å². The second-order valence-corrected chi connectivity index (χ2v) is 8.13. The van der Waals surface area contributed by atoms with Crippen LogP contribution in [0.5, 0.6) is 5.75 Å². The SMILES string of the molecule is COCCN1C[C@@H](O)[C@H](Oc2ccc(B3OC(C)(C)C(C)(C)O3)cc2)C1. The van der Waals surface area contributed by atoms with E-state index in [1.54, 1.807) is 7.11 Å². The predicted octanol–water partition coefficient (Wildman–Crippen LogP) is 1.06. The Morgan fingerprint density at radius 3 is 2.31 bits per heavy atom. The summed E-state index contributed by atoms with van der Waals surface area (Å²) in [5.74, 6) is 0.739. The van der Waals surface area contributed by atoms with E-state index in [4.69, 9.17) is 18.8 Å². The number of ether oxygens (including phenoxy) is 2. The smallest absolute Gasteiger partial charge is 0.486 e. The van der Waals surface area contributed by atoms with Crippen molar-refractivity contribution in [1.29, 1.82) is 0 Å². The van der Waals surface area contributed by atoms with Gasteiger partial charge in [-0.15, -0.1) is 0 Å². The molecule has 3 rings (SSSR count). The molecule has 2 aliphatic heterocycles. The van der Waals surface area contributed by atoms with Crippen molar-refractivity contribution >= 4 is 12.6 Å². The van der Waals surface area contributed by atoms with Gasteiger partial charge in [0, 0.05) is 26.7 Å². The Hall–Kier alpha value is -1.12. The van der Waals surface area contributed by atoms with Crippen molar-refractivity contribution in [3.8, 4) is 5.75 Å². The molecule has 2 aliphatic rings. The monoisotopic (exact) mass is 363 g/mol. The number of methoxy groups -OCH3 is 1. The number of likely N-dealkylation sites (tertiary alicyclic amines) is 1. The fraction of sp³-hybridized carbons (Fsp3) is 0.684. The van der Waals surface area contributed by atoms with Gasteiger partial charge in [0.2, 0.25) is 0 Å². The van der Waals surface area contributed by atoms with Crippen molar-refractivity contribution < 1.29 is 23.9 Å². The van der Waals surface area contributed by atoms with Crippen LogP contribution >= 0.6 is 0 Å². The number of rotatable bonds is 6. The van der Waals surface area contributed by atoms with Crippen LogP contribution in [0.3, 0.4) is 0 Å². The first kappa shape index (κ1) is 19.6. The first-order valence-corrected chi connectivity index (χ1v) is 9.23. The molecular weight excluding hydrogens is 333 g/mol. The summed E-state index contributed by atoms with van der Waals surface area (Å²) >= 11 is 0. The van der Waals surface area contributed by atoms with E-state index in [-0.39, 0.29) is 24.4 Å². The highest BCUT2D eigenvalue weighted by atomic mass is 16.7. The molecule has 0 aromatic heterocycles. The van der Waals surface area contributed by atoms with Crippen molar-refractivity contribution in [3.05, 3.63) is 24.3 Å². The predicted molar refractivity (Wildman–Crippen MR) is 101 cm³/mol. The average Bonchev–Trinajstić information content (AvgIpc) is 3.02. The van der Waals surface area contributed by atoms with Gasteiger partial charge >= 0.3 is 7.12 Å². The van der Waals surface area contributed by atoms with Gasteiger partial charge in [0.05, 0.1) is 17.8 Å². The van der Waals surface area contributed by atoms with Gasteiger partial charge in [-0.2, -0.15) is 0 Å². The van der Waals surface area contributed by atoms with Gasteiger partial charge in [0.25, 0.3) is 0 Å². The number of aliphatic hydroxyl groups is 1. The molecule has 0 saturated carbocycles. The Kier molecular flexibility index (Phi) is 5.65. The van der Waals surface area contributed by atoms with Crippen LogP contribution in [0.25, 0.3) is 0 Å². The third-order valence-corrected chi connectivity index (χ3v) is 5.62. The minimum atomic E-state index is -0.491. The van der Waals surface area contributed by atoms with Gasteiger partial charge in [-0.05, 0) is 45.3 Å². The minimum Gasteiger partial charge on any atom is -0.486 e. The fourth-order valence-electron chi connectivity index (χ4n) is 3.21. The summed E-state index contributed by atoms with van der Waals surface area (Å²) in [6.45, 7) is 10.9. The molecule has 26 heavy (non-hydrogen) atoms. The standard InChI is InChI=1S/C19H30BNO5/c1-18(2)19(3,4)26-20(25-18)14-6-8-15(9-7-14)24-17-13-21(10-11-23-5)12-16(17)22/h6-9,16-17,22H,10-13H2,1-5H3/t16-,17-/m1/s1. The second-order valence-electron chi connectivity index (χ2n) is 8.13. The Labute approximate surface area is 156 Å². The van der Waals surface area contributed by atoms with Gasteiger partial charge in [0.15, 0.2) is 0 Å². The van der Waals surface area contributed by atoms with Crippen LogP contribution in [0.4, 0.5) is 0 Å². The molecule has 6 nitrogen and oxygen atoms in total. The van der Waals surface area contributed by atoms with E-state index in [2.05, 4.69) is 4.90 Å². The summed E-state index contributed by atoms with van der Waals surface area (Å²) in [4.78, 5) is 2.15. The van der Waals surface area contributed by atoms with Gasteiger partial charge in [-0.1, -0.05) is 12.1 Å². The number of hydrogen-bond donors (Lipinski definition) is 1. The quantitative estimate of drug-likeness (QED) is 0.763. The minimum absolute atomic E-state index is 0.227. The van der Waals surface area contributed by atoms with Gasteiger partial charge in [-0.25, -0.2) is 0 Å². The maximum atomic E-state index is 10.2. The van der Waals surface area contributed by atoms with Crippen LogP contribution in [0, 0.1) is 0 Å². The average molecular weight is 363 g/mol. The molecule has 144 valence electrons. The maximum Gasteiger partial charge on any atom is 0.494 e. The highest BCUT2D eigenvalue weighted by Crippen LogP contribution is 2.36. The van der Waals surface area contributed by atoms with E-state index >= 15 is 0 Å². The lowest BCUT2D eigenvalue weighted by atomic mass is 9.79. The molecule has 1 aromatic carbocycles. The number of benzene rings is 1. The third-order valence-electron chi connectivity index (χ3n) is 5.62. The lowest BCUT2D eigenvalue weighted by molar-refractivity contribution is 0.00578. The molecule has 0 radical (unpaired) electrons. The summed E-state index contributed by atoms with van der Waals surface area (Å²) < 4.78 is 23.2. The topological polar surface area (TPSA) is 60.4 Å². The Morgan fingerprint density at radius 1 is 1.12 bits per heavy atom. The summed E-state index contributed by atoms with van der Waals surface area (Å²) in [5.41, 5.74) is 0.253. The van der Waals surface area contributed by atoms with Crippen LogP contribution in [0.2, 0.25) is 0 Å². The Morgan fingerprint density at radius 2 is 1.73 bits per heavy atom. The molecule has 1 aromatic rings. The van der Waals surface area contributed by atoms with Crippen molar-refractivity contribution in [2.75, 3.05) is 33.4 Å². The molecule has 2 fully saturated rings. The lowest BCUT2D eigenvalue weighted by Gasteiger charge is -2.32. The van der Waals surface area contributed by atoms with Crippen molar-refractivity contribution in [3.63, 3.8) is 0 Å². The molecule has 2 saturated heterocycles. The maximum absolute atomic E-state index is 10.2. The van der Waals surface area contributed by atoms with Crippen molar-refractivity contribution in [2.24, 2.45) is 0 Å². The lowest BCUT2D eigenvalue weighted by Crippen LogP contribution is -2.41. The van der Waals surface area contributed by atoms with Crippen LogP contribution in [0.15, 0.2) is 24.3 Å². The summed E-state index contributed by atoms with van der Waals surface area (Å²) in [7, 11) is 1.30. The van der Waals surface area contributed by atoms with Crippen LogP contribution in [0.1, 0.15) is 27.7 Å². The summed E-state index contributed by atoms with van der Waals surface area (Å²) in [6, 6.07) is 7.73. The number of nitrogens with zero attached hydrogens (tertiary/aromatic N) is 1. The van der Waals surface area contributed by atoms with Crippen molar-refractivity contribution in [2.45, 2.75) is 51.1 Å². The molecular formula is C19H30BNO5. The van der Waals surface area contributed by atoms with Gasteiger partial charge in [0.1, 0.15) is 18.0 Å². The van der Waals surface area contributed by atoms with Crippen LogP contribution < -0.4 is 10.2 Å². The van der Waals surface area contributed by atoms with Crippen LogP contribution in [-0.2, 0) is 14.0 Å². The summed E-state index contributed by atoms with van der Waals surface area (Å²) in [5, 5.41) is 10.2. The molecule has 1 N–H and O–H groups in total. The molecule has 0 spiro atoms. The zero-order valence-electron chi connectivity index (χ0n) is 16.4. The Bertz CT molecular complexity index is 590. The second kappa shape index (κ2) is 7.48. The first-order chi connectivity index (χ1) is 12.2. The van der Waals surface area contributed by atoms with E-state index in [1.807, 2.05) is 52.0 Å². The van der Waals surface area contributed by atoms with Gasteiger partial charge < -0.3 is 23.9 Å². The van der Waals surface area contributed by atoms with E-state index in [0.717, 1.165) is 17.8 Å². The Balaban J connectivity index is 1.59. The number of β-amino-alcohol motifs (C(OH)–C–C–N with tert-alkyl or cyclic N) is 1. The number of hydrogen-bond acceptors (Lipinski definition) is 6. The fourth-order valence-corrected chi connectivity index (χ4v) is 3.21. The number of aliphatic hydroxyl groups excluding tert-OH is 1. The van der Waals surface area contributed by atoms with Crippen molar-refractivity contribution in [1.82, 2.24) is 4.90 Å². The molecule has 0 bridgehead atoms. The van der Waals surface area contributed by atoms with E-state index < -0.39 is 6.10 Å². The molecule has 0 unspecified atom stereocenters. The third kappa shape index (κ3) is 4.07. The zero-order valence-corrected chi connectivity index (χ0v) is 16.4. The highest BCUT2D eigenvalue weighted by Gasteiger charge is 2.51. The first-order valence-electron chi connectivity index (χ1n) is 9.23. The zero-order chi connectivity index (χ0) is 18.9. The molecule has 7 heteroatoms. The van der Waals surface area contributed by atoms with E-state index in [9.17, 15) is 5.11 Å². The van der Waals surface area contributed by atoms with Crippen LogP contribution in [-0.4, -0.2) is 73.9 Å². The molecule has 2 heterocycles.